The average molecular weight is 399 g/mol. The van der Waals surface area contributed by atoms with Crippen LogP contribution in [0, 0.1) is 12.7 Å². The molecule has 0 atom stereocenters. The van der Waals surface area contributed by atoms with Crippen molar-refractivity contribution in [2.45, 2.75) is 53.2 Å². The Hall–Kier alpha value is -2.89. The Kier molecular flexibility index (Phi) is 7.76. The van der Waals surface area contributed by atoms with Crippen molar-refractivity contribution < 1.29 is 9.18 Å². The predicted octanol–water partition coefficient (Wildman–Crippen LogP) is 3.92. The highest BCUT2D eigenvalue weighted by molar-refractivity contribution is 5.94. The maximum Gasteiger partial charge on any atom is 0.251 e. The molecule has 29 heavy (non-hydrogen) atoms. The third kappa shape index (κ3) is 7.56. The minimum atomic E-state index is -0.289. The molecule has 5 nitrogen and oxygen atoms in total. The van der Waals surface area contributed by atoms with Gasteiger partial charge in [-0.05, 0) is 69.5 Å². The number of carbonyl (C=O) groups is 1. The van der Waals surface area contributed by atoms with Crippen molar-refractivity contribution in [1.29, 1.82) is 0 Å². The lowest BCUT2D eigenvalue weighted by Crippen LogP contribution is -2.40. The third-order valence-electron chi connectivity index (χ3n) is 4.14. The molecule has 0 aliphatic carbocycles. The monoisotopic (exact) mass is 398 g/mol. The van der Waals surface area contributed by atoms with E-state index in [1.54, 1.807) is 19.1 Å². The van der Waals surface area contributed by atoms with Gasteiger partial charge in [0.1, 0.15) is 5.82 Å². The zero-order valence-corrected chi connectivity index (χ0v) is 17.9. The predicted molar refractivity (Wildman–Crippen MR) is 116 cm³/mol. The summed E-state index contributed by atoms with van der Waals surface area (Å²) >= 11 is 0. The van der Waals surface area contributed by atoms with Gasteiger partial charge in [-0.25, -0.2) is 9.38 Å². The van der Waals surface area contributed by atoms with Crippen molar-refractivity contribution in [1.82, 2.24) is 16.0 Å². The van der Waals surface area contributed by atoms with Crippen molar-refractivity contribution >= 4 is 11.9 Å². The van der Waals surface area contributed by atoms with E-state index in [0.29, 0.717) is 36.7 Å². The lowest BCUT2D eigenvalue weighted by molar-refractivity contribution is 0.0919. The van der Waals surface area contributed by atoms with E-state index in [9.17, 15) is 9.18 Å². The summed E-state index contributed by atoms with van der Waals surface area (Å²) in [7, 11) is 0. The van der Waals surface area contributed by atoms with E-state index in [4.69, 9.17) is 0 Å². The van der Waals surface area contributed by atoms with Gasteiger partial charge < -0.3 is 16.0 Å². The summed E-state index contributed by atoms with van der Waals surface area (Å²) < 4.78 is 13.7. The quantitative estimate of drug-likeness (QED) is 0.510. The Morgan fingerprint density at radius 2 is 1.83 bits per heavy atom. The molecule has 0 aromatic heterocycles. The fourth-order valence-electron chi connectivity index (χ4n) is 2.67. The van der Waals surface area contributed by atoms with Crippen molar-refractivity contribution in [2.24, 2.45) is 4.99 Å². The van der Waals surface area contributed by atoms with Crippen molar-refractivity contribution in [3.05, 3.63) is 70.5 Å². The maximum absolute atomic E-state index is 13.7. The molecule has 0 bridgehead atoms. The van der Waals surface area contributed by atoms with E-state index in [2.05, 4.69) is 20.9 Å². The summed E-state index contributed by atoms with van der Waals surface area (Å²) in [6, 6.07) is 12.6. The zero-order chi connectivity index (χ0) is 21.4. The number of guanidine groups is 1. The Bertz CT molecular complexity index is 871. The van der Waals surface area contributed by atoms with E-state index >= 15 is 0 Å². The van der Waals surface area contributed by atoms with Gasteiger partial charge in [-0.1, -0.05) is 24.3 Å². The second-order valence-electron chi connectivity index (χ2n) is 8.04. The van der Waals surface area contributed by atoms with Crippen LogP contribution in [0.25, 0.3) is 0 Å². The Labute approximate surface area is 172 Å². The van der Waals surface area contributed by atoms with Crippen molar-refractivity contribution in [3.63, 3.8) is 0 Å². The van der Waals surface area contributed by atoms with E-state index < -0.39 is 0 Å². The molecule has 0 saturated heterocycles. The van der Waals surface area contributed by atoms with Gasteiger partial charge in [0.2, 0.25) is 0 Å². The number of rotatable bonds is 6. The first-order valence-corrected chi connectivity index (χ1v) is 9.86. The lowest BCUT2D eigenvalue weighted by atomic mass is 10.1. The number of halogens is 1. The summed E-state index contributed by atoms with van der Waals surface area (Å²) in [4.78, 5) is 16.9. The number of amides is 1. The molecule has 0 heterocycles. The molecule has 0 aliphatic heterocycles. The average Bonchev–Trinajstić information content (AvgIpc) is 2.65. The minimum absolute atomic E-state index is 0.102. The molecule has 0 fully saturated rings. The Balaban J connectivity index is 2.04. The van der Waals surface area contributed by atoms with Crippen molar-refractivity contribution in [3.8, 4) is 0 Å². The fourth-order valence-corrected chi connectivity index (χ4v) is 2.67. The number of nitrogens with zero attached hydrogens (tertiary/aromatic N) is 1. The van der Waals surface area contributed by atoms with Gasteiger partial charge >= 0.3 is 0 Å². The van der Waals surface area contributed by atoms with Gasteiger partial charge in [0.05, 0.1) is 6.54 Å². The molecule has 0 radical (unpaired) electrons. The Morgan fingerprint density at radius 1 is 1.07 bits per heavy atom. The van der Waals surface area contributed by atoms with E-state index in [0.717, 1.165) is 11.1 Å². The van der Waals surface area contributed by atoms with Gasteiger partial charge in [-0.15, -0.1) is 0 Å². The molecule has 3 N–H and O–H groups in total. The number of hydrogen-bond donors (Lipinski definition) is 3. The van der Waals surface area contributed by atoms with E-state index in [1.807, 2.05) is 52.0 Å². The number of aryl methyl sites for hydroxylation is 1. The summed E-state index contributed by atoms with van der Waals surface area (Å²) in [5.41, 5.74) is 2.73. The van der Waals surface area contributed by atoms with E-state index in [1.165, 1.54) is 6.07 Å². The van der Waals surface area contributed by atoms with Crippen LogP contribution in [0.2, 0.25) is 0 Å². The molecule has 2 rings (SSSR count). The second-order valence-corrected chi connectivity index (χ2v) is 8.04. The third-order valence-corrected chi connectivity index (χ3v) is 4.14. The van der Waals surface area contributed by atoms with Crippen LogP contribution in [0.15, 0.2) is 47.5 Å². The standard InChI is InChI=1S/C23H31FN4O/c1-6-25-22(27-15-18-11-10-16(2)20(24)13-18)26-14-17-8-7-9-19(12-17)21(29)28-23(3,4)5/h7-13H,6,14-15H2,1-5H3,(H,28,29)(H2,25,26,27). The highest BCUT2D eigenvalue weighted by Crippen LogP contribution is 2.10. The van der Waals surface area contributed by atoms with Crippen LogP contribution in [-0.4, -0.2) is 24.0 Å². The Morgan fingerprint density at radius 3 is 2.48 bits per heavy atom. The van der Waals surface area contributed by atoms with Crippen LogP contribution in [0.5, 0.6) is 0 Å². The molecular formula is C23H31FN4O. The normalized spacial score (nSPS) is 11.9. The van der Waals surface area contributed by atoms with Crippen molar-refractivity contribution in [2.75, 3.05) is 6.54 Å². The summed E-state index contributed by atoms with van der Waals surface area (Å²) in [5.74, 6) is 0.323. The lowest BCUT2D eigenvalue weighted by Gasteiger charge is -2.20. The summed E-state index contributed by atoms with van der Waals surface area (Å²) in [6.45, 7) is 11.2. The molecule has 0 saturated carbocycles. The summed E-state index contributed by atoms with van der Waals surface area (Å²) in [6.07, 6.45) is 0. The second kappa shape index (κ2) is 10.0. The fraction of sp³-hybridized carbons (Fsp3) is 0.391. The first-order valence-electron chi connectivity index (χ1n) is 9.86. The molecule has 1 amide bonds. The van der Waals surface area contributed by atoms with Crippen LogP contribution in [-0.2, 0) is 13.1 Å². The number of aliphatic imine (C=N–C) groups is 1. The van der Waals surface area contributed by atoms with Crippen LogP contribution >= 0.6 is 0 Å². The largest absolute Gasteiger partial charge is 0.357 e. The van der Waals surface area contributed by atoms with Crippen LogP contribution < -0.4 is 16.0 Å². The topological polar surface area (TPSA) is 65.5 Å². The van der Waals surface area contributed by atoms with Gasteiger partial charge in [0, 0.05) is 24.2 Å². The van der Waals surface area contributed by atoms with Gasteiger partial charge in [-0.2, -0.15) is 0 Å². The number of hydrogen-bond acceptors (Lipinski definition) is 2. The highest BCUT2D eigenvalue weighted by Gasteiger charge is 2.15. The van der Waals surface area contributed by atoms with Gasteiger partial charge in [0.25, 0.3) is 5.91 Å². The van der Waals surface area contributed by atoms with Crippen LogP contribution in [0.1, 0.15) is 54.7 Å². The molecule has 0 aliphatic rings. The molecular weight excluding hydrogens is 367 g/mol. The number of nitrogens with one attached hydrogen (secondary N) is 3. The van der Waals surface area contributed by atoms with Crippen LogP contribution in [0.4, 0.5) is 4.39 Å². The first kappa shape index (κ1) is 22.4. The first-order chi connectivity index (χ1) is 13.7. The molecule has 0 spiro atoms. The number of benzene rings is 2. The molecule has 2 aromatic rings. The maximum atomic E-state index is 13.7. The van der Waals surface area contributed by atoms with Gasteiger partial charge in [-0.3, -0.25) is 4.79 Å². The zero-order valence-electron chi connectivity index (χ0n) is 17.9. The van der Waals surface area contributed by atoms with Gasteiger partial charge in [0.15, 0.2) is 5.96 Å². The highest BCUT2D eigenvalue weighted by atomic mass is 19.1. The molecule has 2 aromatic carbocycles. The number of carbonyl (C=O) groups excluding carboxylic acids is 1. The van der Waals surface area contributed by atoms with E-state index in [-0.39, 0.29) is 17.3 Å². The SMILES string of the molecule is CCNC(=NCc1cccc(C(=O)NC(C)(C)C)c1)NCc1ccc(C)c(F)c1. The minimum Gasteiger partial charge on any atom is -0.357 e. The summed E-state index contributed by atoms with van der Waals surface area (Å²) in [5, 5.41) is 9.36. The smallest absolute Gasteiger partial charge is 0.251 e. The molecule has 6 heteroatoms. The van der Waals surface area contributed by atoms with Crippen LogP contribution in [0.3, 0.4) is 0 Å². The molecule has 0 unspecified atom stereocenters. The molecule has 156 valence electrons.